The second kappa shape index (κ2) is 6.41. The van der Waals surface area contributed by atoms with Gasteiger partial charge in [0.2, 0.25) is 0 Å². The van der Waals surface area contributed by atoms with Crippen molar-refractivity contribution >= 4 is 12.0 Å². The summed E-state index contributed by atoms with van der Waals surface area (Å²) in [4.78, 5) is 10.9. The van der Waals surface area contributed by atoms with Crippen molar-refractivity contribution in [3.63, 3.8) is 0 Å². The highest BCUT2D eigenvalue weighted by Gasteiger charge is 1.98. The number of hydrogen-bond donors (Lipinski definition) is 0. The molecule has 16 heavy (non-hydrogen) atoms. The average Bonchev–Trinajstić information content (AvgIpc) is 2.31. The smallest absolute Gasteiger partial charge is 0.309 e. The Morgan fingerprint density at radius 3 is 2.94 bits per heavy atom. The number of benzene rings is 1. The van der Waals surface area contributed by atoms with Gasteiger partial charge in [0.25, 0.3) is 0 Å². The van der Waals surface area contributed by atoms with Crippen LogP contribution in [0.4, 0.5) is 0 Å². The summed E-state index contributed by atoms with van der Waals surface area (Å²) in [5, 5.41) is 8.65. The van der Waals surface area contributed by atoms with Crippen LogP contribution in [0.25, 0.3) is 6.08 Å². The van der Waals surface area contributed by atoms with Gasteiger partial charge in [-0.2, -0.15) is 5.26 Å². The van der Waals surface area contributed by atoms with Gasteiger partial charge in [-0.3, -0.25) is 4.79 Å². The lowest BCUT2D eigenvalue weighted by atomic mass is 10.0. The van der Waals surface area contributed by atoms with Crippen molar-refractivity contribution in [1.29, 1.82) is 5.26 Å². The van der Waals surface area contributed by atoms with E-state index in [2.05, 4.69) is 10.8 Å². The quantitative estimate of drug-likeness (QED) is 0.724. The number of hydrogen-bond acceptors (Lipinski definition) is 3. The number of carbonyl (C=O) groups excluding carboxylic acids is 1. The van der Waals surface area contributed by atoms with Crippen LogP contribution in [-0.2, 0) is 16.0 Å². The van der Waals surface area contributed by atoms with Crippen LogP contribution < -0.4 is 0 Å². The first-order chi connectivity index (χ1) is 7.77. The van der Waals surface area contributed by atoms with Gasteiger partial charge in [0, 0.05) is 0 Å². The molecule has 3 heteroatoms. The molecule has 0 aromatic heterocycles. The van der Waals surface area contributed by atoms with Crippen LogP contribution in [0.15, 0.2) is 30.3 Å². The van der Waals surface area contributed by atoms with Crippen LogP contribution in [0.5, 0.6) is 0 Å². The Kier molecular flexibility index (Phi) is 4.81. The summed E-state index contributed by atoms with van der Waals surface area (Å²) < 4.78 is 4.52. The third kappa shape index (κ3) is 3.58. The van der Waals surface area contributed by atoms with Gasteiger partial charge in [0.05, 0.1) is 26.0 Å². The fourth-order valence-electron chi connectivity index (χ4n) is 1.31. The molecular weight excluding hydrogens is 202 g/mol. The number of esters is 1. The second-order valence-electron chi connectivity index (χ2n) is 3.22. The van der Waals surface area contributed by atoms with E-state index in [1.54, 1.807) is 6.08 Å². The number of nitrogens with zero attached hydrogens (tertiary/aromatic N) is 1. The molecule has 0 saturated carbocycles. The van der Waals surface area contributed by atoms with E-state index < -0.39 is 0 Å². The van der Waals surface area contributed by atoms with E-state index in [9.17, 15) is 4.79 Å². The Balaban J connectivity index is 2.73. The molecule has 0 aliphatic carbocycles. The number of methoxy groups -OCH3 is 1. The molecule has 0 N–H and O–H groups in total. The summed E-state index contributed by atoms with van der Waals surface area (Å²) in [5.41, 5.74) is 1.93. The van der Waals surface area contributed by atoms with Crippen molar-refractivity contribution in [2.75, 3.05) is 7.11 Å². The van der Waals surface area contributed by atoms with Crippen LogP contribution in [0.3, 0.4) is 0 Å². The van der Waals surface area contributed by atoms with Crippen molar-refractivity contribution in [2.24, 2.45) is 0 Å². The van der Waals surface area contributed by atoms with Crippen LogP contribution in [0.2, 0.25) is 0 Å². The number of carbonyl (C=O) groups is 1. The molecule has 82 valence electrons. The van der Waals surface area contributed by atoms with Gasteiger partial charge in [-0.15, -0.1) is 0 Å². The Hall–Kier alpha value is -2.08. The summed E-state index contributed by atoms with van der Waals surface area (Å²) >= 11 is 0. The average molecular weight is 215 g/mol. The summed E-state index contributed by atoms with van der Waals surface area (Å²) in [5.74, 6) is -0.269. The van der Waals surface area contributed by atoms with Gasteiger partial charge in [-0.25, -0.2) is 0 Å². The minimum absolute atomic E-state index is 0.247. The molecule has 0 aliphatic heterocycles. The van der Waals surface area contributed by atoms with Gasteiger partial charge in [-0.1, -0.05) is 36.4 Å². The molecule has 1 aromatic rings. The SMILES string of the molecule is COC(=O)CC=Cc1ccccc1CC#N. The molecule has 0 atom stereocenters. The first kappa shape index (κ1) is 12.0. The van der Waals surface area contributed by atoms with Crippen molar-refractivity contribution in [1.82, 2.24) is 0 Å². The lowest BCUT2D eigenvalue weighted by molar-refractivity contribution is -0.139. The Bertz CT molecular complexity index is 430. The van der Waals surface area contributed by atoms with Gasteiger partial charge in [-0.05, 0) is 11.1 Å². The predicted molar refractivity (Wildman–Crippen MR) is 61.4 cm³/mol. The highest BCUT2D eigenvalue weighted by atomic mass is 16.5. The second-order valence-corrected chi connectivity index (χ2v) is 3.22. The Morgan fingerprint density at radius 2 is 2.25 bits per heavy atom. The van der Waals surface area contributed by atoms with Crippen LogP contribution in [0.1, 0.15) is 17.5 Å². The van der Waals surface area contributed by atoms with E-state index in [1.807, 2.05) is 30.3 Å². The monoisotopic (exact) mass is 215 g/mol. The Morgan fingerprint density at radius 1 is 1.50 bits per heavy atom. The van der Waals surface area contributed by atoms with E-state index in [1.165, 1.54) is 7.11 Å². The molecule has 0 unspecified atom stereocenters. The van der Waals surface area contributed by atoms with Crippen molar-refractivity contribution in [2.45, 2.75) is 12.8 Å². The molecule has 3 nitrogen and oxygen atoms in total. The van der Waals surface area contributed by atoms with Crippen LogP contribution in [0, 0.1) is 11.3 Å². The summed E-state index contributed by atoms with van der Waals surface area (Å²) in [6, 6.07) is 9.72. The highest BCUT2D eigenvalue weighted by molar-refractivity contribution is 5.72. The number of ether oxygens (including phenoxy) is 1. The summed E-state index contributed by atoms with van der Waals surface area (Å²) in [6.45, 7) is 0. The lowest BCUT2D eigenvalue weighted by Gasteiger charge is -2.00. The van der Waals surface area contributed by atoms with Gasteiger partial charge in [0.15, 0.2) is 0 Å². The highest BCUT2D eigenvalue weighted by Crippen LogP contribution is 2.11. The third-order valence-corrected chi connectivity index (χ3v) is 2.13. The zero-order valence-electron chi connectivity index (χ0n) is 9.14. The van der Waals surface area contributed by atoms with E-state index in [-0.39, 0.29) is 12.4 Å². The van der Waals surface area contributed by atoms with E-state index in [0.717, 1.165) is 11.1 Å². The molecule has 0 saturated heterocycles. The lowest BCUT2D eigenvalue weighted by Crippen LogP contribution is -1.96. The summed E-state index contributed by atoms with van der Waals surface area (Å²) in [6.07, 6.45) is 4.20. The normalized spacial score (nSPS) is 10.0. The van der Waals surface area contributed by atoms with Crippen molar-refractivity contribution in [3.05, 3.63) is 41.5 Å². The summed E-state index contributed by atoms with van der Waals surface area (Å²) in [7, 11) is 1.36. The molecule has 1 aromatic carbocycles. The molecule has 0 fully saturated rings. The first-order valence-electron chi connectivity index (χ1n) is 4.96. The van der Waals surface area contributed by atoms with E-state index >= 15 is 0 Å². The largest absolute Gasteiger partial charge is 0.469 e. The standard InChI is InChI=1S/C13H13NO2/c1-16-13(15)8-4-7-11-5-2-3-6-12(11)9-10-14/h2-7H,8-9H2,1H3. The zero-order valence-corrected chi connectivity index (χ0v) is 9.14. The number of rotatable bonds is 4. The van der Waals surface area contributed by atoms with E-state index in [4.69, 9.17) is 5.26 Å². The fourth-order valence-corrected chi connectivity index (χ4v) is 1.31. The van der Waals surface area contributed by atoms with Crippen molar-refractivity contribution < 1.29 is 9.53 Å². The molecule has 0 bridgehead atoms. The minimum Gasteiger partial charge on any atom is -0.469 e. The molecule has 0 radical (unpaired) electrons. The number of nitriles is 1. The fraction of sp³-hybridized carbons (Fsp3) is 0.231. The van der Waals surface area contributed by atoms with Crippen LogP contribution in [-0.4, -0.2) is 13.1 Å². The topological polar surface area (TPSA) is 50.1 Å². The van der Waals surface area contributed by atoms with Crippen LogP contribution >= 0.6 is 0 Å². The van der Waals surface area contributed by atoms with E-state index in [0.29, 0.717) is 6.42 Å². The first-order valence-corrected chi connectivity index (χ1v) is 4.96. The zero-order chi connectivity index (χ0) is 11.8. The predicted octanol–water partition coefficient (Wildman–Crippen LogP) is 2.33. The third-order valence-electron chi connectivity index (χ3n) is 2.13. The maximum Gasteiger partial charge on any atom is 0.309 e. The molecule has 1 rings (SSSR count). The van der Waals surface area contributed by atoms with Gasteiger partial charge < -0.3 is 4.74 Å². The molecular formula is C13H13NO2. The molecule has 0 heterocycles. The molecule has 0 aliphatic rings. The minimum atomic E-state index is -0.269. The molecule has 0 amide bonds. The van der Waals surface area contributed by atoms with Gasteiger partial charge >= 0.3 is 5.97 Å². The maximum atomic E-state index is 10.9. The molecule has 0 spiro atoms. The Labute approximate surface area is 95.0 Å². The van der Waals surface area contributed by atoms with Gasteiger partial charge in [0.1, 0.15) is 0 Å². The van der Waals surface area contributed by atoms with Crippen molar-refractivity contribution in [3.8, 4) is 6.07 Å². The maximum absolute atomic E-state index is 10.9.